The number of hydrogen-bond acceptors (Lipinski definition) is 5. The largest absolute Gasteiger partial charge is 0.400 e. The Balaban J connectivity index is 1.61. The van der Waals surface area contributed by atoms with Crippen LogP contribution in [0.1, 0.15) is 0 Å². The molecular weight excluding hydrogens is 285 g/mol. The Bertz CT molecular complexity index is 895. The molecule has 0 atom stereocenters. The molecule has 0 bridgehead atoms. The molecule has 0 amide bonds. The molecule has 0 unspecified atom stereocenters. The van der Waals surface area contributed by atoms with Gasteiger partial charge in [0.1, 0.15) is 5.82 Å². The molecule has 6 nitrogen and oxygen atoms in total. The van der Waals surface area contributed by atoms with Gasteiger partial charge in [0.15, 0.2) is 5.82 Å². The number of aromatic nitrogens is 4. The highest BCUT2D eigenvalue weighted by Gasteiger charge is 2.12. The monoisotopic (exact) mass is 295 g/mol. The van der Waals surface area contributed by atoms with Crippen molar-refractivity contribution in [1.82, 2.24) is 20.2 Å². The smallest absolute Gasteiger partial charge is 0.320 e. The summed E-state index contributed by atoms with van der Waals surface area (Å²) in [6.45, 7) is 0. The zero-order valence-electron chi connectivity index (χ0n) is 11.2. The van der Waals surface area contributed by atoms with Crippen LogP contribution in [0.2, 0.25) is 0 Å². The summed E-state index contributed by atoms with van der Waals surface area (Å²) in [5.74, 6) is 0.473. The van der Waals surface area contributed by atoms with E-state index in [1.165, 1.54) is 12.1 Å². The van der Waals surface area contributed by atoms with Crippen molar-refractivity contribution < 1.29 is 8.81 Å². The Kier molecular flexibility index (Phi) is 2.82. The zero-order chi connectivity index (χ0) is 14.9. The lowest BCUT2D eigenvalue weighted by Crippen LogP contribution is -1.90. The summed E-state index contributed by atoms with van der Waals surface area (Å²) < 4.78 is 18.4. The Morgan fingerprint density at radius 2 is 1.82 bits per heavy atom. The maximum atomic E-state index is 12.9. The molecule has 4 aromatic rings. The highest BCUT2D eigenvalue weighted by atomic mass is 19.1. The topological polar surface area (TPSA) is 79.6 Å². The number of nitrogens with one attached hydrogen (secondary N) is 2. The van der Waals surface area contributed by atoms with Crippen molar-refractivity contribution >= 4 is 22.7 Å². The van der Waals surface area contributed by atoms with Crippen LogP contribution in [0.3, 0.4) is 0 Å². The Hall–Kier alpha value is -3.22. The average molecular weight is 295 g/mol. The highest BCUT2D eigenvalue weighted by molar-refractivity contribution is 5.77. The Morgan fingerprint density at radius 3 is 2.64 bits per heavy atom. The third-order valence-electron chi connectivity index (χ3n) is 3.11. The molecule has 0 aliphatic carbocycles. The lowest BCUT2D eigenvalue weighted by Gasteiger charge is -1.99. The SMILES string of the molecule is Fc1ccc(Nc2nnc(-c3nc4ccccc4[nH]3)o2)cc1. The first kappa shape index (κ1) is 12.5. The molecule has 0 spiro atoms. The fourth-order valence-corrected chi connectivity index (χ4v) is 2.08. The summed E-state index contributed by atoms with van der Waals surface area (Å²) in [4.78, 5) is 7.50. The van der Waals surface area contributed by atoms with Crippen LogP contribution in [0.5, 0.6) is 0 Å². The van der Waals surface area contributed by atoms with E-state index in [-0.39, 0.29) is 17.7 Å². The molecule has 0 fully saturated rings. The first-order valence-corrected chi connectivity index (χ1v) is 6.59. The van der Waals surface area contributed by atoms with E-state index in [9.17, 15) is 4.39 Å². The predicted octanol–water partition coefficient (Wildman–Crippen LogP) is 3.50. The van der Waals surface area contributed by atoms with E-state index < -0.39 is 0 Å². The van der Waals surface area contributed by atoms with Crippen LogP contribution in [0, 0.1) is 5.82 Å². The summed E-state index contributed by atoms with van der Waals surface area (Å²) in [5, 5.41) is 10.8. The van der Waals surface area contributed by atoms with Gasteiger partial charge >= 0.3 is 6.01 Å². The van der Waals surface area contributed by atoms with E-state index in [0.717, 1.165) is 11.0 Å². The fourth-order valence-electron chi connectivity index (χ4n) is 2.08. The van der Waals surface area contributed by atoms with E-state index in [1.54, 1.807) is 12.1 Å². The van der Waals surface area contributed by atoms with Crippen LogP contribution in [-0.4, -0.2) is 20.2 Å². The molecule has 0 saturated heterocycles. The second-order valence-electron chi connectivity index (χ2n) is 4.65. The third-order valence-corrected chi connectivity index (χ3v) is 3.11. The van der Waals surface area contributed by atoms with Crippen molar-refractivity contribution in [3.05, 3.63) is 54.3 Å². The van der Waals surface area contributed by atoms with Gasteiger partial charge in [0.05, 0.1) is 11.0 Å². The molecule has 22 heavy (non-hydrogen) atoms. The van der Waals surface area contributed by atoms with Gasteiger partial charge in [-0.3, -0.25) is 0 Å². The first-order valence-electron chi connectivity index (χ1n) is 6.59. The molecule has 0 saturated carbocycles. The van der Waals surface area contributed by atoms with Crippen molar-refractivity contribution in [2.75, 3.05) is 5.32 Å². The van der Waals surface area contributed by atoms with Gasteiger partial charge in [0.2, 0.25) is 0 Å². The molecule has 2 aromatic carbocycles. The molecule has 2 N–H and O–H groups in total. The molecule has 0 aliphatic rings. The van der Waals surface area contributed by atoms with Gasteiger partial charge in [0.25, 0.3) is 5.89 Å². The van der Waals surface area contributed by atoms with Crippen LogP contribution >= 0.6 is 0 Å². The van der Waals surface area contributed by atoms with Gasteiger partial charge in [0, 0.05) is 5.69 Å². The minimum atomic E-state index is -0.306. The number of hydrogen-bond donors (Lipinski definition) is 2. The number of imidazole rings is 1. The number of para-hydroxylation sites is 2. The summed E-state index contributed by atoms with van der Waals surface area (Å²) in [7, 11) is 0. The van der Waals surface area contributed by atoms with E-state index in [2.05, 4.69) is 25.5 Å². The molecule has 0 radical (unpaired) electrons. The number of benzene rings is 2. The molecule has 2 aromatic heterocycles. The number of H-pyrrole nitrogens is 1. The van der Waals surface area contributed by atoms with Gasteiger partial charge in [-0.15, -0.1) is 5.10 Å². The number of halogens is 1. The Labute approximate surface area is 124 Å². The number of nitrogens with zero attached hydrogens (tertiary/aromatic N) is 3. The first-order chi connectivity index (χ1) is 10.8. The molecule has 2 heterocycles. The average Bonchev–Trinajstić information content (AvgIpc) is 3.15. The number of aromatic amines is 1. The summed E-state index contributed by atoms with van der Waals surface area (Å²) in [6, 6.07) is 13.7. The zero-order valence-corrected chi connectivity index (χ0v) is 11.2. The quantitative estimate of drug-likeness (QED) is 0.604. The summed E-state index contributed by atoms with van der Waals surface area (Å²) >= 11 is 0. The van der Waals surface area contributed by atoms with Crippen LogP contribution in [0.4, 0.5) is 16.1 Å². The number of rotatable bonds is 3. The standard InChI is InChI=1S/C15H10FN5O/c16-9-5-7-10(8-6-9)17-15-21-20-14(22-15)13-18-11-3-1-2-4-12(11)19-13/h1-8H,(H,17,21)(H,18,19). The summed E-state index contributed by atoms with van der Waals surface area (Å²) in [5.41, 5.74) is 2.37. The van der Waals surface area contributed by atoms with Gasteiger partial charge in [-0.1, -0.05) is 17.2 Å². The fraction of sp³-hybridized carbons (Fsp3) is 0. The van der Waals surface area contributed by atoms with Crippen molar-refractivity contribution in [3.63, 3.8) is 0 Å². The van der Waals surface area contributed by atoms with Gasteiger partial charge in [-0.25, -0.2) is 9.37 Å². The minimum Gasteiger partial charge on any atom is -0.400 e. The third kappa shape index (κ3) is 2.28. The second kappa shape index (κ2) is 4.96. The van der Waals surface area contributed by atoms with Crippen molar-refractivity contribution in [1.29, 1.82) is 0 Å². The van der Waals surface area contributed by atoms with Crippen molar-refractivity contribution in [3.8, 4) is 11.7 Å². The van der Waals surface area contributed by atoms with Crippen LogP contribution in [0.15, 0.2) is 52.9 Å². The number of anilines is 2. The lowest BCUT2D eigenvalue weighted by molar-refractivity contribution is 0.583. The van der Waals surface area contributed by atoms with E-state index in [4.69, 9.17) is 4.42 Å². The summed E-state index contributed by atoms with van der Waals surface area (Å²) in [6.07, 6.45) is 0. The maximum absolute atomic E-state index is 12.9. The molecule has 7 heteroatoms. The van der Waals surface area contributed by atoms with Crippen LogP contribution in [-0.2, 0) is 0 Å². The molecule has 0 aliphatic heterocycles. The molecule has 108 valence electrons. The minimum absolute atomic E-state index is 0.210. The van der Waals surface area contributed by atoms with E-state index >= 15 is 0 Å². The predicted molar refractivity (Wildman–Crippen MR) is 79.1 cm³/mol. The van der Waals surface area contributed by atoms with Crippen LogP contribution in [0.25, 0.3) is 22.7 Å². The Morgan fingerprint density at radius 1 is 1.00 bits per heavy atom. The van der Waals surface area contributed by atoms with Gasteiger partial charge in [-0.2, -0.15) is 0 Å². The van der Waals surface area contributed by atoms with E-state index in [0.29, 0.717) is 11.5 Å². The lowest BCUT2D eigenvalue weighted by atomic mass is 10.3. The van der Waals surface area contributed by atoms with Crippen molar-refractivity contribution in [2.45, 2.75) is 0 Å². The van der Waals surface area contributed by atoms with Crippen molar-refractivity contribution in [2.24, 2.45) is 0 Å². The van der Waals surface area contributed by atoms with Crippen LogP contribution < -0.4 is 5.32 Å². The number of fused-ring (bicyclic) bond motifs is 1. The van der Waals surface area contributed by atoms with Gasteiger partial charge < -0.3 is 14.7 Å². The molecular formula is C15H10FN5O. The molecule has 4 rings (SSSR count). The maximum Gasteiger partial charge on any atom is 0.320 e. The van der Waals surface area contributed by atoms with Gasteiger partial charge in [-0.05, 0) is 36.4 Å². The second-order valence-corrected chi connectivity index (χ2v) is 4.65. The normalized spacial score (nSPS) is 11.0. The van der Waals surface area contributed by atoms with E-state index in [1.807, 2.05) is 24.3 Å². The highest BCUT2D eigenvalue weighted by Crippen LogP contribution is 2.22.